The smallest absolute Gasteiger partial charge is 0.0643 e. The van der Waals surface area contributed by atoms with Gasteiger partial charge in [-0.25, -0.2) is 0 Å². The molecule has 0 saturated carbocycles. The first-order chi connectivity index (χ1) is 16.1. The van der Waals surface area contributed by atoms with Crippen molar-refractivity contribution in [2.45, 2.75) is 4.38 Å². The molecule has 0 atom stereocenters. The Labute approximate surface area is 204 Å². The second kappa shape index (κ2) is 11.4. The van der Waals surface area contributed by atoms with Gasteiger partial charge in [0.05, 0.1) is 4.38 Å². The number of benzene rings is 4. The van der Waals surface area contributed by atoms with Crippen molar-refractivity contribution in [3.8, 4) is 0 Å². The van der Waals surface area contributed by atoms with Gasteiger partial charge < -0.3 is 0 Å². The molecule has 0 N–H and O–H groups in total. The van der Waals surface area contributed by atoms with E-state index in [1.54, 1.807) is 0 Å². The van der Waals surface area contributed by atoms with Gasteiger partial charge in [0, 0.05) is 0 Å². The summed E-state index contributed by atoms with van der Waals surface area (Å²) in [5.74, 6) is 0. The Morgan fingerprint density at radius 1 is 0.364 bits per heavy atom. The molecule has 0 unspecified atom stereocenters. The van der Waals surface area contributed by atoms with Crippen molar-refractivity contribution in [3.05, 3.63) is 121 Å². The lowest BCUT2D eigenvalue weighted by Crippen LogP contribution is -2.36. The monoisotopic (exact) mass is 504 g/mol. The summed E-state index contributed by atoms with van der Waals surface area (Å²) in [4.78, 5) is 0. The lowest BCUT2D eigenvalue weighted by Gasteiger charge is -2.53. The van der Waals surface area contributed by atoms with E-state index in [1.165, 1.54) is 21.2 Å². The van der Waals surface area contributed by atoms with Crippen molar-refractivity contribution in [1.82, 2.24) is 0 Å². The maximum Gasteiger partial charge on any atom is 0.0643 e. The van der Waals surface area contributed by atoms with Gasteiger partial charge in [-0.05, 0) is 63.7 Å². The van der Waals surface area contributed by atoms with Crippen LogP contribution in [0.4, 0.5) is 0 Å². The Hall–Kier alpha value is -1.40. The summed E-state index contributed by atoms with van der Waals surface area (Å²) in [6, 6.07) is 45.5. The van der Waals surface area contributed by atoms with Gasteiger partial charge in [0.1, 0.15) is 0 Å². The first-order valence-corrected chi connectivity index (χ1v) is 18.4. The fraction of sp³-hybridized carbons (Fsp3) is 0.172. The highest BCUT2D eigenvalue weighted by Gasteiger charge is 2.52. The van der Waals surface area contributed by atoms with E-state index in [9.17, 15) is 0 Å². The molecule has 0 aliphatic carbocycles. The van der Waals surface area contributed by atoms with Crippen molar-refractivity contribution in [2.75, 3.05) is 26.7 Å². The first-order valence-electron chi connectivity index (χ1n) is 11.2. The predicted octanol–water partition coefficient (Wildman–Crippen LogP) is 7.35. The van der Waals surface area contributed by atoms with Crippen LogP contribution in [0.1, 0.15) is 0 Å². The van der Waals surface area contributed by atoms with Gasteiger partial charge in [0.25, 0.3) is 0 Å². The van der Waals surface area contributed by atoms with Gasteiger partial charge in [0.2, 0.25) is 0 Å². The topological polar surface area (TPSA) is 0 Å². The standard InChI is InChI=1S/C29H32P4/c1-30(2)29(31(3)4,32(25-17-9-5-10-18-25)26-19-11-6-12-20-26)33(27-21-13-7-14-22-27)28-23-15-8-16-24-28/h5-24H,1-4H3. The van der Waals surface area contributed by atoms with Crippen LogP contribution in [0.5, 0.6) is 0 Å². The van der Waals surface area contributed by atoms with Crippen molar-refractivity contribution < 1.29 is 0 Å². The first kappa shape index (κ1) is 24.7. The Kier molecular flexibility index (Phi) is 8.50. The summed E-state index contributed by atoms with van der Waals surface area (Å²) >= 11 is 0. The molecule has 0 fully saturated rings. The fourth-order valence-electron chi connectivity index (χ4n) is 4.60. The Morgan fingerprint density at radius 2 is 0.576 bits per heavy atom. The van der Waals surface area contributed by atoms with Gasteiger partial charge >= 0.3 is 0 Å². The van der Waals surface area contributed by atoms with E-state index in [-0.39, 0.29) is 20.2 Å². The molecule has 4 rings (SSSR count). The van der Waals surface area contributed by atoms with E-state index >= 15 is 0 Å². The number of hydrogen-bond donors (Lipinski definition) is 0. The zero-order chi connectivity index (χ0) is 23.3. The van der Waals surface area contributed by atoms with Crippen molar-refractivity contribution in [2.24, 2.45) is 0 Å². The van der Waals surface area contributed by atoms with Crippen LogP contribution in [-0.2, 0) is 0 Å². The molecular weight excluding hydrogens is 472 g/mol. The minimum absolute atomic E-state index is 0.209. The third kappa shape index (κ3) is 5.02. The molecule has 0 bridgehead atoms. The van der Waals surface area contributed by atoms with Crippen LogP contribution in [0, 0.1) is 0 Å². The Bertz CT molecular complexity index is 941. The third-order valence-corrected chi connectivity index (χ3v) is 23.5. The van der Waals surface area contributed by atoms with E-state index in [0.29, 0.717) is 0 Å². The molecule has 4 aromatic carbocycles. The van der Waals surface area contributed by atoms with Crippen molar-refractivity contribution in [1.29, 1.82) is 0 Å². The molecule has 33 heavy (non-hydrogen) atoms. The molecule has 4 heteroatoms. The highest BCUT2D eigenvalue weighted by Crippen LogP contribution is 2.86. The van der Waals surface area contributed by atoms with Crippen LogP contribution in [0.15, 0.2) is 121 Å². The predicted molar refractivity (Wildman–Crippen MR) is 158 cm³/mol. The average Bonchev–Trinajstić information content (AvgIpc) is 2.86. The normalized spacial score (nSPS) is 12.1. The Balaban J connectivity index is 2.09. The largest absolute Gasteiger partial charge is 0.0917 e. The lowest BCUT2D eigenvalue weighted by atomic mass is 10.4. The van der Waals surface area contributed by atoms with Gasteiger partial charge in [-0.1, -0.05) is 137 Å². The second-order valence-corrected chi connectivity index (χ2v) is 20.2. The SMILES string of the molecule is CP(C)C(P(C)C)(P(c1ccccc1)c1ccccc1)P(c1ccccc1)c1ccccc1. The minimum atomic E-state index is -0.578. The average molecular weight is 504 g/mol. The van der Waals surface area contributed by atoms with E-state index in [1.807, 2.05) is 0 Å². The summed E-state index contributed by atoms with van der Waals surface area (Å²) < 4.78 is 0.209. The van der Waals surface area contributed by atoms with E-state index in [2.05, 4.69) is 148 Å². The molecule has 168 valence electrons. The van der Waals surface area contributed by atoms with Crippen LogP contribution in [0.2, 0.25) is 0 Å². The molecule has 0 spiro atoms. The molecular formula is C29H32P4. The number of rotatable bonds is 8. The van der Waals surface area contributed by atoms with Crippen LogP contribution in [0.25, 0.3) is 0 Å². The molecule has 0 saturated heterocycles. The summed E-state index contributed by atoms with van der Waals surface area (Å²) in [6.45, 7) is 10.2. The van der Waals surface area contributed by atoms with Gasteiger partial charge in [0.15, 0.2) is 0 Å². The van der Waals surface area contributed by atoms with Crippen molar-refractivity contribution in [3.63, 3.8) is 0 Å². The van der Waals surface area contributed by atoms with Crippen molar-refractivity contribution >= 4 is 52.9 Å². The molecule has 0 radical (unpaired) electrons. The van der Waals surface area contributed by atoms with Gasteiger partial charge in [-0.3, -0.25) is 0 Å². The molecule has 0 aliphatic heterocycles. The summed E-state index contributed by atoms with van der Waals surface area (Å²) in [5, 5.41) is 6.02. The van der Waals surface area contributed by atoms with Crippen LogP contribution < -0.4 is 21.2 Å². The lowest BCUT2D eigenvalue weighted by molar-refractivity contribution is 1.61. The fourth-order valence-corrected chi connectivity index (χ4v) is 23.0. The molecule has 0 aromatic heterocycles. The van der Waals surface area contributed by atoms with Crippen LogP contribution in [0.3, 0.4) is 0 Å². The van der Waals surface area contributed by atoms with E-state index in [4.69, 9.17) is 0 Å². The molecule has 4 aromatic rings. The maximum absolute atomic E-state index is 2.54. The summed E-state index contributed by atoms with van der Waals surface area (Å²) in [7, 11) is -1.70. The van der Waals surface area contributed by atoms with E-state index < -0.39 is 15.8 Å². The summed E-state index contributed by atoms with van der Waals surface area (Å²) in [5.41, 5.74) is 0. The molecule has 0 nitrogen and oxygen atoms in total. The zero-order valence-electron chi connectivity index (χ0n) is 19.8. The Morgan fingerprint density at radius 3 is 0.758 bits per heavy atom. The maximum atomic E-state index is 2.54. The molecule has 0 amide bonds. The zero-order valence-corrected chi connectivity index (χ0v) is 23.4. The summed E-state index contributed by atoms with van der Waals surface area (Å²) in [6.07, 6.45) is 0. The highest BCUT2D eigenvalue weighted by molar-refractivity contribution is 8.13. The van der Waals surface area contributed by atoms with Gasteiger partial charge in [-0.2, -0.15) is 0 Å². The third-order valence-electron chi connectivity index (χ3n) is 5.86. The van der Waals surface area contributed by atoms with Crippen LogP contribution in [-0.4, -0.2) is 31.0 Å². The molecule has 0 aliphatic rings. The number of hydrogen-bond acceptors (Lipinski definition) is 0. The molecule has 0 heterocycles. The quantitative estimate of drug-likeness (QED) is 0.220. The minimum Gasteiger partial charge on any atom is -0.0917 e. The highest BCUT2D eigenvalue weighted by atomic mass is 31.3. The second-order valence-electron chi connectivity index (χ2n) is 8.40. The van der Waals surface area contributed by atoms with Crippen LogP contribution >= 0.6 is 31.7 Å². The van der Waals surface area contributed by atoms with Gasteiger partial charge in [-0.15, -0.1) is 0 Å². The van der Waals surface area contributed by atoms with E-state index in [0.717, 1.165) is 0 Å².